The number of nitrogens with zero attached hydrogens (tertiary/aromatic N) is 5. The number of amides is 4. The Kier molecular flexibility index (Phi) is 5.59. The lowest BCUT2D eigenvalue weighted by Gasteiger charge is -2.27. The Labute approximate surface area is 213 Å². The first kappa shape index (κ1) is 23.9. The van der Waals surface area contributed by atoms with Gasteiger partial charge >= 0.3 is 6.03 Å². The molecular formula is C26H28N6O3S. The van der Waals surface area contributed by atoms with E-state index in [0.717, 1.165) is 21.9 Å². The third kappa shape index (κ3) is 3.91. The molecule has 1 N–H and O–H groups in total. The van der Waals surface area contributed by atoms with Crippen LogP contribution in [-0.2, 0) is 21.5 Å². The van der Waals surface area contributed by atoms with Gasteiger partial charge in [-0.15, -0.1) is 11.3 Å². The number of nitrogens with one attached hydrogen (secondary N) is 1. The Morgan fingerprint density at radius 1 is 1.08 bits per heavy atom. The molecule has 0 unspecified atom stereocenters. The first-order valence-electron chi connectivity index (χ1n) is 11.7. The molecule has 0 radical (unpaired) electrons. The van der Waals surface area contributed by atoms with Crippen molar-refractivity contribution in [2.45, 2.75) is 52.1 Å². The Bertz CT molecular complexity index is 1370. The quantitative estimate of drug-likeness (QED) is 0.507. The molecule has 4 amide bonds. The minimum Gasteiger partial charge on any atom is -0.316 e. The van der Waals surface area contributed by atoms with Gasteiger partial charge in [-0.25, -0.2) is 19.7 Å². The van der Waals surface area contributed by atoms with Crippen LogP contribution < -0.4 is 15.1 Å². The topological polar surface area (TPSA) is 98.7 Å². The van der Waals surface area contributed by atoms with Crippen molar-refractivity contribution in [2.75, 3.05) is 21.7 Å². The van der Waals surface area contributed by atoms with Gasteiger partial charge in [-0.05, 0) is 49.2 Å². The number of rotatable bonds is 5. The van der Waals surface area contributed by atoms with Gasteiger partial charge in [0.15, 0.2) is 5.13 Å². The monoisotopic (exact) mass is 504 g/mol. The second-order valence-electron chi connectivity index (χ2n) is 10.3. The van der Waals surface area contributed by atoms with E-state index in [1.165, 1.54) is 23.2 Å². The van der Waals surface area contributed by atoms with Crippen LogP contribution in [0.3, 0.4) is 0 Å². The van der Waals surface area contributed by atoms with Crippen molar-refractivity contribution in [1.82, 2.24) is 14.9 Å². The van der Waals surface area contributed by atoms with E-state index in [1.807, 2.05) is 23.6 Å². The van der Waals surface area contributed by atoms with Gasteiger partial charge in [-0.1, -0.05) is 19.9 Å². The van der Waals surface area contributed by atoms with Crippen LogP contribution in [0.4, 0.5) is 27.1 Å². The maximum atomic E-state index is 13.6. The predicted molar refractivity (Wildman–Crippen MR) is 140 cm³/mol. The number of anilines is 4. The highest BCUT2D eigenvalue weighted by molar-refractivity contribution is 7.13. The normalized spacial score (nSPS) is 18.1. The van der Waals surface area contributed by atoms with E-state index < -0.39 is 11.6 Å². The number of fused-ring (bicyclic) bond motifs is 1. The van der Waals surface area contributed by atoms with Gasteiger partial charge in [0.2, 0.25) is 5.91 Å². The minimum atomic E-state index is -1.05. The Morgan fingerprint density at radius 3 is 2.56 bits per heavy atom. The summed E-state index contributed by atoms with van der Waals surface area (Å²) in [6, 6.07) is 8.77. The van der Waals surface area contributed by atoms with Crippen molar-refractivity contribution in [2.24, 2.45) is 0 Å². The van der Waals surface area contributed by atoms with Gasteiger partial charge < -0.3 is 15.1 Å². The average Bonchev–Trinajstić information content (AvgIpc) is 3.46. The molecule has 186 valence electrons. The van der Waals surface area contributed by atoms with E-state index in [-0.39, 0.29) is 23.8 Å². The van der Waals surface area contributed by atoms with Crippen molar-refractivity contribution in [1.29, 1.82) is 0 Å². The first-order chi connectivity index (χ1) is 17.0. The van der Waals surface area contributed by atoms with E-state index in [9.17, 15) is 14.4 Å². The average molecular weight is 505 g/mol. The fraction of sp³-hybridized carbons (Fsp3) is 0.346. The summed E-state index contributed by atoms with van der Waals surface area (Å²) in [5.41, 5.74) is 1.79. The molecule has 2 aliphatic heterocycles. The molecule has 4 heterocycles. The van der Waals surface area contributed by atoms with Crippen molar-refractivity contribution < 1.29 is 14.4 Å². The smallest absolute Gasteiger partial charge is 0.316 e. The lowest BCUT2D eigenvalue weighted by atomic mass is 9.87. The summed E-state index contributed by atoms with van der Waals surface area (Å²) < 4.78 is 0. The largest absolute Gasteiger partial charge is 0.332 e. The third-order valence-electron chi connectivity index (χ3n) is 6.85. The SMILES string of the molecule is CC(=O)N1CC(C)(C)c2ccc(N3C(=O)N(Cc4ccnc(Nc5nccs5)c4)C(C)(C)C3=O)cc21. The van der Waals surface area contributed by atoms with E-state index in [2.05, 4.69) is 29.1 Å². The van der Waals surface area contributed by atoms with Gasteiger partial charge in [-0.3, -0.25) is 9.59 Å². The number of imide groups is 1. The Balaban J connectivity index is 1.44. The van der Waals surface area contributed by atoms with Crippen molar-refractivity contribution in [3.8, 4) is 0 Å². The van der Waals surface area contributed by atoms with Gasteiger partial charge in [0.05, 0.1) is 5.69 Å². The van der Waals surface area contributed by atoms with Gasteiger partial charge in [0, 0.05) is 48.9 Å². The Morgan fingerprint density at radius 2 is 1.86 bits per heavy atom. The van der Waals surface area contributed by atoms with Crippen LogP contribution in [-0.4, -0.2) is 44.8 Å². The molecule has 1 fully saturated rings. The molecule has 3 aromatic rings. The molecule has 36 heavy (non-hydrogen) atoms. The van der Waals surface area contributed by atoms with Crippen LogP contribution in [0, 0.1) is 0 Å². The predicted octanol–water partition coefficient (Wildman–Crippen LogP) is 4.67. The lowest BCUT2D eigenvalue weighted by Crippen LogP contribution is -2.43. The number of urea groups is 1. The summed E-state index contributed by atoms with van der Waals surface area (Å²) in [4.78, 5) is 52.5. The maximum Gasteiger partial charge on any atom is 0.332 e. The second kappa shape index (κ2) is 8.41. The van der Waals surface area contributed by atoms with Crippen LogP contribution in [0.25, 0.3) is 0 Å². The maximum absolute atomic E-state index is 13.6. The van der Waals surface area contributed by atoms with Crippen LogP contribution in [0.1, 0.15) is 45.7 Å². The fourth-order valence-corrected chi connectivity index (χ4v) is 5.38. The molecule has 0 atom stereocenters. The third-order valence-corrected chi connectivity index (χ3v) is 7.54. The summed E-state index contributed by atoms with van der Waals surface area (Å²) in [5.74, 6) is 0.231. The zero-order valence-electron chi connectivity index (χ0n) is 20.9. The molecule has 5 rings (SSSR count). The van der Waals surface area contributed by atoms with Gasteiger partial charge in [0.25, 0.3) is 5.91 Å². The zero-order valence-corrected chi connectivity index (χ0v) is 21.7. The number of hydrogen-bond acceptors (Lipinski definition) is 7. The summed E-state index contributed by atoms with van der Waals surface area (Å²) in [6.07, 6.45) is 3.37. The van der Waals surface area contributed by atoms with Crippen molar-refractivity contribution in [3.05, 3.63) is 59.2 Å². The number of benzene rings is 1. The summed E-state index contributed by atoms with van der Waals surface area (Å²) in [7, 11) is 0. The highest BCUT2D eigenvalue weighted by Gasteiger charge is 2.52. The van der Waals surface area contributed by atoms with Crippen LogP contribution in [0.5, 0.6) is 0 Å². The molecule has 2 aromatic heterocycles. The van der Waals surface area contributed by atoms with Crippen molar-refractivity contribution >= 4 is 51.5 Å². The van der Waals surface area contributed by atoms with Crippen LogP contribution in [0.2, 0.25) is 0 Å². The molecule has 10 heteroatoms. The molecule has 0 bridgehead atoms. The van der Waals surface area contributed by atoms with Gasteiger partial charge in [0.1, 0.15) is 11.4 Å². The number of aromatic nitrogens is 2. The summed E-state index contributed by atoms with van der Waals surface area (Å²) >= 11 is 1.46. The molecule has 0 saturated carbocycles. The van der Waals surface area contributed by atoms with E-state index in [4.69, 9.17) is 0 Å². The Hall–Kier alpha value is -3.79. The molecule has 0 aliphatic carbocycles. The van der Waals surface area contributed by atoms with Crippen LogP contribution in [0.15, 0.2) is 48.1 Å². The summed E-state index contributed by atoms with van der Waals surface area (Å²) in [6.45, 7) is 9.99. The van der Waals surface area contributed by atoms with Crippen molar-refractivity contribution in [3.63, 3.8) is 0 Å². The molecule has 2 aliphatic rings. The summed E-state index contributed by atoms with van der Waals surface area (Å²) in [5, 5.41) is 5.74. The fourth-order valence-electron chi connectivity index (χ4n) is 4.85. The molecular weight excluding hydrogens is 476 g/mol. The number of thiazole rings is 1. The van der Waals surface area contributed by atoms with E-state index in [1.54, 1.807) is 48.2 Å². The number of hydrogen-bond donors (Lipinski definition) is 1. The van der Waals surface area contributed by atoms with E-state index >= 15 is 0 Å². The lowest BCUT2D eigenvalue weighted by molar-refractivity contribution is -0.123. The molecule has 1 saturated heterocycles. The van der Waals surface area contributed by atoms with E-state index in [0.29, 0.717) is 18.1 Å². The number of pyridine rings is 1. The molecule has 9 nitrogen and oxygen atoms in total. The highest BCUT2D eigenvalue weighted by Crippen LogP contribution is 2.44. The number of carbonyl (C=O) groups is 3. The second-order valence-corrected chi connectivity index (χ2v) is 11.2. The standard InChI is InChI=1S/C26H28N6O3S/c1-16(33)30-15-25(2,3)19-7-6-18(13-20(19)30)32-22(34)26(4,5)31(24(32)35)14-17-8-9-27-21(12-17)29-23-28-10-11-36-23/h6-13H,14-15H2,1-5H3,(H,27,28,29). The minimum absolute atomic E-state index is 0.0696. The molecule has 0 spiro atoms. The number of carbonyl (C=O) groups excluding carboxylic acids is 3. The molecule has 1 aromatic carbocycles. The van der Waals surface area contributed by atoms with Crippen LogP contribution >= 0.6 is 11.3 Å². The van der Waals surface area contributed by atoms with Gasteiger partial charge in [-0.2, -0.15) is 0 Å². The first-order valence-corrected chi connectivity index (χ1v) is 12.6. The zero-order chi connectivity index (χ0) is 25.8. The highest BCUT2D eigenvalue weighted by atomic mass is 32.1.